The molecule has 0 saturated heterocycles. The summed E-state index contributed by atoms with van der Waals surface area (Å²) >= 11 is 6.07. The molecule has 1 heterocycles. The van der Waals surface area contributed by atoms with Gasteiger partial charge in [-0.15, -0.1) is 0 Å². The van der Waals surface area contributed by atoms with Crippen molar-refractivity contribution in [1.82, 2.24) is 10.3 Å². The van der Waals surface area contributed by atoms with Gasteiger partial charge in [0.1, 0.15) is 6.26 Å². The van der Waals surface area contributed by atoms with Gasteiger partial charge in [0.05, 0.1) is 6.04 Å². The van der Waals surface area contributed by atoms with E-state index in [1.54, 1.807) is 0 Å². The zero-order valence-electron chi connectivity index (χ0n) is 13.6. The standard InChI is InChI=1S/C17H22ClN3O2/c1-4-10(2)15(19)17-21-14(9-23-17)16(22)20-8-12-6-5-11(3)13(18)7-12/h5-7,9-10,15H,4,8,19H2,1-3H3,(H,20,22)/t10?,15-/m1/s1. The molecule has 1 unspecified atom stereocenters. The van der Waals surface area contributed by atoms with Crippen LogP contribution < -0.4 is 11.1 Å². The zero-order chi connectivity index (χ0) is 17.0. The average molecular weight is 336 g/mol. The molecule has 0 aliphatic heterocycles. The number of nitrogens with zero attached hydrogens (tertiary/aromatic N) is 1. The molecule has 0 bridgehead atoms. The van der Waals surface area contributed by atoms with Gasteiger partial charge in [-0.3, -0.25) is 4.79 Å². The van der Waals surface area contributed by atoms with Gasteiger partial charge in [0, 0.05) is 11.6 Å². The van der Waals surface area contributed by atoms with Crippen molar-refractivity contribution < 1.29 is 9.21 Å². The lowest BCUT2D eigenvalue weighted by molar-refractivity contribution is 0.0946. The Morgan fingerprint density at radius 3 is 2.87 bits per heavy atom. The van der Waals surface area contributed by atoms with Crippen LogP contribution in [-0.2, 0) is 6.54 Å². The Labute approximate surface area is 141 Å². The van der Waals surface area contributed by atoms with E-state index in [4.69, 9.17) is 21.8 Å². The van der Waals surface area contributed by atoms with Gasteiger partial charge in [-0.1, -0.05) is 44.0 Å². The molecule has 1 aromatic heterocycles. The second kappa shape index (κ2) is 7.62. The number of hydrogen-bond acceptors (Lipinski definition) is 4. The van der Waals surface area contributed by atoms with E-state index < -0.39 is 0 Å². The first-order valence-electron chi connectivity index (χ1n) is 7.66. The number of hydrogen-bond donors (Lipinski definition) is 2. The molecule has 23 heavy (non-hydrogen) atoms. The number of carbonyl (C=O) groups excluding carboxylic acids is 1. The van der Waals surface area contributed by atoms with E-state index in [0.717, 1.165) is 17.5 Å². The van der Waals surface area contributed by atoms with Crippen LogP contribution in [0.25, 0.3) is 0 Å². The summed E-state index contributed by atoms with van der Waals surface area (Å²) in [6.07, 6.45) is 2.26. The third kappa shape index (κ3) is 4.33. The van der Waals surface area contributed by atoms with Crippen LogP contribution in [0.15, 0.2) is 28.9 Å². The van der Waals surface area contributed by atoms with Crippen molar-refractivity contribution >= 4 is 17.5 Å². The second-order valence-electron chi connectivity index (χ2n) is 5.75. The first-order chi connectivity index (χ1) is 10.9. The van der Waals surface area contributed by atoms with Crippen LogP contribution >= 0.6 is 11.6 Å². The van der Waals surface area contributed by atoms with Gasteiger partial charge in [0.15, 0.2) is 5.69 Å². The molecule has 5 nitrogen and oxygen atoms in total. The largest absolute Gasteiger partial charge is 0.446 e. The maximum Gasteiger partial charge on any atom is 0.273 e. The summed E-state index contributed by atoms with van der Waals surface area (Å²) in [7, 11) is 0. The number of rotatable bonds is 6. The van der Waals surface area contributed by atoms with Crippen LogP contribution in [0.2, 0.25) is 5.02 Å². The number of oxazole rings is 1. The lowest BCUT2D eigenvalue weighted by atomic mass is 10.0. The van der Waals surface area contributed by atoms with E-state index in [1.165, 1.54) is 6.26 Å². The number of halogens is 1. The van der Waals surface area contributed by atoms with Gasteiger partial charge in [-0.05, 0) is 30.0 Å². The zero-order valence-corrected chi connectivity index (χ0v) is 14.4. The van der Waals surface area contributed by atoms with Crippen molar-refractivity contribution in [1.29, 1.82) is 0 Å². The lowest BCUT2D eigenvalue weighted by Gasteiger charge is -2.13. The van der Waals surface area contributed by atoms with Crippen LogP contribution in [0, 0.1) is 12.8 Å². The molecule has 1 amide bonds. The third-order valence-electron chi connectivity index (χ3n) is 3.99. The molecule has 2 rings (SSSR count). The summed E-state index contributed by atoms with van der Waals surface area (Å²) in [5, 5.41) is 3.48. The second-order valence-corrected chi connectivity index (χ2v) is 6.16. The Bertz CT molecular complexity index is 684. The van der Waals surface area contributed by atoms with Crippen LogP contribution in [-0.4, -0.2) is 10.9 Å². The monoisotopic (exact) mass is 335 g/mol. The number of carbonyl (C=O) groups is 1. The van der Waals surface area contributed by atoms with Gasteiger partial charge >= 0.3 is 0 Å². The first kappa shape index (κ1) is 17.5. The highest BCUT2D eigenvalue weighted by Crippen LogP contribution is 2.21. The minimum absolute atomic E-state index is 0.233. The number of nitrogens with two attached hydrogens (primary N) is 1. The maximum absolute atomic E-state index is 12.1. The predicted molar refractivity (Wildman–Crippen MR) is 90.2 cm³/mol. The number of aromatic nitrogens is 1. The molecule has 0 aliphatic carbocycles. The van der Waals surface area contributed by atoms with Crippen LogP contribution in [0.4, 0.5) is 0 Å². The highest BCUT2D eigenvalue weighted by Gasteiger charge is 2.20. The first-order valence-corrected chi connectivity index (χ1v) is 8.04. The summed E-state index contributed by atoms with van der Waals surface area (Å²) in [5.74, 6) is 0.329. The number of nitrogens with one attached hydrogen (secondary N) is 1. The summed E-state index contributed by atoms with van der Waals surface area (Å²) < 4.78 is 5.34. The molecule has 1 aromatic carbocycles. The lowest BCUT2D eigenvalue weighted by Crippen LogP contribution is -2.24. The quantitative estimate of drug-likeness (QED) is 0.844. The Morgan fingerprint density at radius 1 is 1.48 bits per heavy atom. The Balaban J connectivity index is 1.98. The molecule has 0 saturated carbocycles. The molecule has 2 atom stereocenters. The third-order valence-corrected chi connectivity index (χ3v) is 4.39. The van der Waals surface area contributed by atoms with Gasteiger partial charge in [0.25, 0.3) is 5.91 Å². The molecular weight excluding hydrogens is 314 g/mol. The molecule has 0 radical (unpaired) electrons. The van der Waals surface area contributed by atoms with Crippen LogP contribution in [0.5, 0.6) is 0 Å². The molecule has 6 heteroatoms. The molecular formula is C17H22ClN3O2. The molecule has 0 aliphatic rings. The van der Waals surface area contributed by atoms with Crippen molar-refractivity contribution in [3.8, 4) is 0 Å². The van der Waals surface area contributed by atoms with E-state index in [0.29, 0.717) is 17.5 Å². The van der Waals surface area contributed by atoms with Crippen LogP contribution in [0.3, 0.4) is 0 Å². The highest BCUT2D eigenvalue weighted by molar-refractivity contribution is 6.31. The van der Waals surface area contributed by atoms with E-state index in [-0.39, 0.29) is 23.6 Å². The minimum Gasteiger partial charge on any atom is -0.446 e. The number of amides is 1. The van der Waals surface area contributed by atoms with Gasteiger partial charge in [-0.2, -0.15) is 0 Å². The summed E-state index contributed by atoms with van der Waals surface area (Å²) in [4.78, 5) is 16.3. The molecule has 124 valence electrons. The number of aryl methyl sites for hydroxylation is 1. The van der Waals surface area contributed by atoms with Crippen molar-refractivity contribution in [2.24, 2.45) is 11.7 Å². The summed E-state index contributed by atoms with van der Waals surface area (Å²) in [6.45, 7) is 6.38. The van der Waals surface area contributed by atoms with Crippen molar-refractivity contribution in [2.45, 2.75) is 39.8 Å². The molecule has 0 spiro atoms. The van der Waals surface area contributed by atoms with Crippen molar-refractivity contribution in [2.75, 3.05) is 0 Å². The highest BCUT2D eigenvalue weighted by atomic mass is 35.5. The Morgan fingerprint density at radius 2 is 2.22 bits per heavy atom. The fourth-order valence-corrected chi connectivity index (χ4v) is 2.26. The summed E-state index contributed by atoms with van der Waals surface area (Å²) in [6, 6.07) is 5.37. The van der Waals surface area contributed by atoms with E-state index in [1.807, 2.05) is 39.0 Å². The predicted octanol–water partition coefficient (Wildman–Crippen LogP) is 3.61. The molecule has 3 N–H and O–H groups in total. The Hall–Kier alpha value is -1.85. The van der Waals surface area contributed by atoms with E-state index in [9.17, 15) is 4.79 Å². The van der Waals surface area contributed by atoms with Gasteiger partial charge in [0.2, 0.25) is 5.89 Å². The van der Waals surface area contributed by atoms with Crippen molar-refractivity contribution in [3.05, 3.63) is 52.2 Å². The Kier molecular flexibility index (Phi) is 5.80. The average Bonchev–Trinajstić information content (AvgIpc) is 3.04. The normalized spacial score (nSPS) is 13.6. The van der Waals surface area contributed by atoms with E-state index >= 15 is 0 Å². The smallest absolute Gasteiger partial charge is 0.273 e. The van der Waals surface area contributed by atoms with E-state index in [2.05, 4.69) is 10.3 Å². The maximum atomic E-state index is 12.1. The minimum atomic E-state index is -0.308. The fraction of sp³-hybridized carbons (Fsp3) is 0.412. The van der Waals surface area contributed by atoms with Gasteiger partial charge < -0.3 is 15.5 Å². The fourth-order valence-electron chi connectivity index (χ4n) is 2.06. The SMILES string of the molecule is CCC(C)[C@@H](N)c1nc(C(=O)NCc2ccc(C)c(Cl)c2)co1. The van der Waals surface area contributed by atoms with Crippen LogP contribution in [0.1, 0.15) is 53.8 Å². The summed E-state index contributed by atoms with van der Waals surface area (Å²) in [5.41, 5.74) is 8.22. The molecule has 0 fully saturated rings. The van der Waals surface area contributed by atoms with Crippen molar-refractivity contribution in [3.63, 3.8) is 0 Å². The van der Waals surface area contributed by atoms with Gasteiger partial charge in [-0.25, -0.2) is 4.98 Å². The molecule has 2 aromatic rings. The topological polar surface area (TPSA) is 81.1 Å². The number of benzene rings is 1.